The van der Waals surface area contributed by atoms with Gasteiger partial charge < -0.3 is 9.88 Å². The molecule has 1 aromatic heterocycles. The third kappa shape index (κ3) is 2.59. The average Bonchev–Trinajstić information content (AvgIpc) is 3.06. The molecule has 0 amide bonds. The molecule has 1 N–H and O–H groups in total. The number of para-hydroxylation sites is 2. The Balaban J connectivity index is 1.66. The zero-order chi connectivity index (χ0) is 14.0. The normalized spacial score (nSPS) is 17.9. The number of thioether (sulfide) groups is 1. The SMILES string of the molecule is CSC1(CNCc2nc3ccccc3n2C)CCCC1. The summed E-state index contributed by atoms with van der Waals surface area (Å²) >= 11 is 2.03. The van der Waals surface area contributed by atoms with Crippen molar-refractivity contribution in [1.82, 2.24) is 14.9 Å². The number of fused-ring (bicyclic) bond motifs is 1. The van der Waals surface area contributed by atoms with Crippen molar-refractivity contribution in [2.45, 2.75) is 37.0 Å². The van der Waals surface area contributed by atoms with Gasteiger partial charge in [0.2, 0.25) is 0 Å². The lowest BCUT2D eigenvalue weighted by atomic mass is 10.1. The van der Waals surface area contributed by atoms with E-state index in [1.54, 1.807) is 0 Å². The van der Waals surface area contributed by atoms with Crippen molar-refractivity contribution in [2.75, 3.05) is 12.8 Å². The number of aryl methyl sites for hydroxylation is 1. The molecule has 1 fully saturated rings. The number of aromatic nitrogens is 2. The summed E-state index contributed by atoms with van der Waals surface area (Å²) in [6.07, 6.45) is 7.72. The fourth-order valence-corrected chi connectivity index (χ4v) is 4.17. The summed E-state index contributed by atoms with van der Waals surface area (Å²) in [4.78, 5) is 4.72. The first-order valence-electron chi connectivity index (χ1n) is 7.40. The molecule has 3 rings (SSSR count). The molecular formula is C16H23N3S. The predicted octanol–water partition coefficient (Wildman–Crippen LogP) is 3.34. The lowest BCUT2D eigenvalue weighted by molar-refractivity contribution is 0.522. The fraction of sp³-hybridized carbons (Fsp3) is 0.562. The Hall–Kier alpha value is -1.00. The highest BCUT2D eigenvalue weighted by Crippen LogP contribution is 2.39. The molecule has 1 heterocycles. The zero-order valence-corrected chi connectivity index (χ0v) is 13.2. The van der Waals surface area contributed by atoms with Gasteiger partial charge in [-0.15, -0.1) is 0 Å². The molecule has 4 heteroatoms. The van der Waals surface area contributed by atoms with Gasteiger partial charge in [0.05, 0.1) is 17.6 Å². The molecule has 0 aliphatic heterocycles. The maximum atomic E-state index is 4.72. The Labute approximate surface area is 125 Å². The monoisotopic (exact) mass is 289 g/mol. The lowest BCUT2D eigenvalue weighted by Crippen LogP contribution is -2.35. The van der Waals surface area contributed by atoms with Crippen molar-refractivity contribution in [1.29, 1.82) is 0 Å². The van der Waals surface area contributed by atoms with Crippen LogP contribution in [0.1, 0.15) is 31.5 Å². The van der Waals surface area contributed by atoms with Crippen molar-refractivity contribution in [2.24, 2.45) is 7.05 Å². The van der Waals surface area contributed by atoms with Crippen LogP contribution in [0.2, 0.25) is 0 Å². The van der Waals surface area contributed by atoms with Gasteiger partial charge in [0.1, 0.15) is 5.82 Å². The van der Waals surface area contributed by atoms with Crippen LogP contribution in [0.4, 0.5) is 0 Å². The van der Waals surface area contributed by atoms with Crippen LogP contribution in [-0.4, -0.2) is 27.1 Å². The molecule has 0 spiro atoms. The number of nitrogens with zero attached hydrogens (tertiary/aromatic N) is 2. The second-order valence-electron chi connectivity index (χ2n) is 5.77. The molecule has 0 unspecified atom stereocenters. The molecule has 2 aromatic rings. The van der Waals surface area contributed by atoms with Gasteiger partial charge in [-0.2, -0.15) is 11.8 Å². The number of hydrogen-bond acceptors (Lipinski definition) is 3. The number of nitrogens with one attached hydrogen (secondary N) is 1. The summed E-state index contributed by atoms with van der Waals surface area (Å²) in [5.41, 5.74) is 2.30. The van der Waals surface area contributed by atoms with E-state index in [-0.39, 0.29) is 0 Å². The van der Waals surface area contributed by atoms with E-state index < -0.39 is 0 Å². The predicted molar refractivity (Wildman–Crippen MR) is 87.1 cm³/mol. The summed E-state index contributed by atoms with van der Waals surface area (Å²) in [5.74, 6) is 1.13. The lowest BCUT2D eigenvalue weighted by Gasteiger charge is -2.27. The Kier molecular flexibility index (Phi) is 4.03. The summed E-state index contributed by atoms with van der Waals surface area (Å²) < 4.78 is 2.66. The van der Waals surface area contributed by atoms with E-state index in [2.05, 4.69) is 41.4 Å². The van der Waals surface area contributed by atoms with E-state index in [9.17, 15) is 0 Å². The van der Waals surface area contributed by atoms with E-state index in [1.807, 2.05) is 17.8 Å². The zero-order valence-electron chi connectivity index (χ0n) is 12.4. The highest BCUT2D eigenvalue weighted by Gasteiger charge is 2.32. The van der Waals surface area contributed by atoms with E-state index >= 15 is 0 Å². The van der Waals surface area contributed by atoms with Crippen LogP contribution in [0, 0.1) is 0 Å². The summed E-state index contributed by atoms with van der Waals surface area (Å²) in [7, 11) is 2.10. The Bertz CT molecular complexity index is 584. The van der Waals surface area contributed by atoms with Gasteiger partial charge in [0.25, 0.3) is 0 Å². The number of imidazole rings is 1. The van der Waals surface area contributed by atoms with Gasteiger partial charge >= 0.3 is 0 Å². The first-order valence-corrected chi connectivity index (χ1v) is 8.63. The minimum Gasteiger partial charge on any atom is -0.330 e. The van der Waals surface area contributed by atoms with Crippen LogP contribution in [0.5, 0.6) is 0 Å². The molecule has 0 bridgehead atoms. The van der Waals surface area contributed by atoms with E-state index in [4.69, 9.17) is 4.98 Å². The van der Waals surface area contributed by atoms with Crippen LogP contribution in [0.3, 0.4) is 0 Å². The highest BCUT2D eigenvalue weighted by molar-refractivity contribution is 8.00. The van der Waals surface area contributed by atoms with Gasteiger partial charge in [-0.25, -0.2) is 4.98 Å². The van der Waals surface area contributed by atoms with Crippen molar-refractivity contribution in [3.8, 4) is 0 Å². The standard InChI is InChI=1S/C16H23N3S/c1-19-14-8-4-3-7-13(14)18-15(19)11-17-12-16(20-2)9-5-6-10-16/h3-4,7-8,17H,5-6,9-12H2,1-2H3. The molecule has 1 aromatic carbocycles. The van der Waals surface area contributed by atoms with Crippen molar-refractivity contribution >= 4 is 22.8 Å². The van der Waals surface area contributed by atoms with Crippen molar-refractivity contribution in [3.63, 3.8) is 0 Å². The number of benzene rings is 1. The molecule has 0 radical (unpaired) electrons. The Morgan fingerprint density at radius 2 is 2.05 bits per heavy atom. The van der Waals surface area contributed by atoms with E-state index in [1.165, 1.54) is 31.2 Å². The molecule has 0 atom stereocenters. The van der Waals surface area contributed by atoms with Crippen molar-refractivity contribution < 1.29 is 0 Å². The summed E-state index contributed by atoms with van der Waals surface area (Å²) in [6.45, 7) is 1.95. The molecule has 0 saturated heterocycles. The fourth-order valence-electron chi connectivity index (χ4n) is 3.23. The maximum absolute atomic E-state index is 4.72. The average molecular weight is 289 g/mol. The third-order valence-corrected chi connectivity index (χ3v) is 5.98. The van der Waals surface area contributed by atoms with Gasteiger partial charge in [-0.1, -0.05) is 25.0 Å². The van der Waals surface area contributed by atoms with Crippen molar-refractivity contribution in [3.05, 3.63) is 30.1 Å². The second-order valence-corrected chi connectivity index (χ2v) is 7.05. The van der Waals surface area contributed by atoms with Gasteiger partial charge in [0, 0.05) is 18.3 Å². The van der Waals surface area contributed by atoms with E-state index in [0.717, 1.165) is 24.4 Å². The molecule has 3 nitrogen and oxygen atoms in total. The molecule has 1 aliphatic carbocycles. The highest BCUT2D eigenvalue weighted by atomic mass is 32.2. The van der Waals surface area contributed by atoms with Gasteiger partial charge in [-0.05, 0) is 31.2 Å². The van der Waals surface area contributed by atoms with Gasteiger partial charge in [-0.3, -0.25) is 0 Å². The maximum Gasteiger partial charge on any atom is 0.123 e. The molecule has 20 heavy (non-hydrogen) atoms. The van der Waals surface area contributed by atoms with Crippen LogP contribution in [0.25, 0.3) is 11.0 Å². The second kappa shape index (κ2) is 5.78. The van der Waals surface area contributed by atoms with Crippen LogP contribution in [0.15, 0.2) is 24.3 Å². The minimum atomic E-state index is 0.463. The van der Waals surface area contributed by atoms with E-state index in [0.29, 0.717) is 4.75 Å². The first-order chi connectivity index (χ1) is 9.74. The Morgan fingerprint density at radius 3 is 2.75 bits per heavy atom. The molecule has 108 valence electrons. The van der Waals surface area contributed by atoms with Crippen LogP contribution >= 0.6 is 11.8 Å². The summed E-state index contributed by atoms with van der Waals surface area (Å²) in [5, 5.41) is 3.63. The first kappa shape index (κ1) is 14.0. The quantitative estimate of drug-likeness (QED) is 0.915. The molecular weight excluding hydrogens is 266 g/mol. The largest absolute Gasteiger partial charge is 0.330 e. The minimum absolute atomic E-state index is 0.463. The van der Waals surface area contributed by atoms with Gasteiger partial charge in [0.15, 0.2) is 0 Å². The summed E-state index contributed by atoms with van der Waals surface area (Å²) in [6, 6.07) is 8.33. The van der Waals surface area contributed by atoms with Crippen LogP contribution in [-0.2, 0) is 13.6 Å². The number of rotatable bonds is 5. The molecule has 1 aliphatic rings. The third-order valence-electron chi connectivity index (χ3n) is 4.56. The van der Waals surface area contributed by atoms with Crippen LogP contribution < -0.4 is 5.32 Å². The Morgan fingerprint density at radius 1 is 1.30 bits per heavy atom. The number of hydrogen-bond donors (Lipinski definition) is 1. The topological polar surface area (TPSA) is 29.9 Å². The molecule has 1 saturated carbocycles. The smallest absolute Gasteiger partial charge is 0.123 e.